The molecule has 0 aromatic carbocycles. The van der Waals surface area contributed by atoms with Crippen LogP contribution in [-0.2, 0) is 4.74 Å². The normalized spacial score (nSPS) is 16.3. The van der Waals surface area contributed by atoms with Crippen molar-refractivity contribution in [2.45, 2.75) is 19.8 Å². The molecule has 1 aromatic rings. The van der Waals surface area contributed by atoms with Crippen LogP contribution in [0.2, 0.25) is 0 Å². The van der Waals surface area contributed by atoms with Crippen molar-refractivity contribution in [3.05, 3.63) is 17.5 Å². The second-order valence-electron chi connectivity index (χ2n) is 4.38. The number of aldehydes is 1. The highest BCUT2D eigenvalue weighted by atomic mass is 16.5. The Morgan fingerprint density at radius 3 is 2.71 bits per heavy atom. The molecule has 2 rings (SSSR count). The van der Waals surface area contributed by atoms with Crippen LogP contribution < -0.4 is 4.90 Å². The fraction of sp³-hybridized carbons (Fsp3) is 0.583. The first-order chi connectivity index (χ1) is 8.22. The number of morpholine rings is 1. The summed E-state index contributed by atoms with van der Waals surface area (Å²) < 4.78 is 5.29. The second-order valence-corrected chi connectivity index (χ2v) is 4.38. The van der Waals surface area contributed by atoms with Crippen molar-refractivity contribution >= 4 is 12.2 Å². The molecule has 92 valence electrons. The van der Waals surface area contributed by atoms with E-state index in [1.165, 1.54) is 0 Å². The van der Waals surface area contributed by atoms with Gasteiger partial charge in [0, 0.05) is 19.3 Å². The smallest absolute Gasteiger partial charge is 0.225 e. The fourth-order valence-corrected chi connectivity index (χ4v) is 1.86. The molecular weight excluding hydrogens is 218 g/mol. The molecular formula is C12H17N3O2. The van der Waals surface area contributed by atoms with Crippen molar-refractivity contribution in [2.75, 3.05) is 31.2 Å². The lowest BCUT2D eigenvalue weighted by atomic mass is 10.1. The van der Waals surface area contributed by atoms with E-state index in [1.807, 2.05) is 13.8 Å². The van der Waals surface area contributed by atoms with Gasteiger partial charge in [0.15, 0.2) is 6.29 Å². The Labute approximate surface area is 101 Å². The molecule has 1 fully saturated rings. The monoisotopic (exact) mass is 235 g/mol. The molecule has 1 aliphatic heterocycles. The minimum Gasteiger partial charge on any atom is -0.378 e. The van der Waals surface area contributed by atoms with Crippen LogP contribution in [0, 0.1) is 0 Å². The predicted octanol–water partition coefficient (Wildman–Crippen LogP) is 1.25. The average molecular weight is 235 g/mol. The Bertz CT molecular complexity index is 401. The summed E-state index contributed by atoms with van der Waals surface area (Å²) in [4.78, 5) is 21.7. The first-order valence-electron chi connectivity index (χ1n) is 5.87. The van der Waals surface area contributed by atoms with Crippen molar-refractivity contribution in [2.24, 2.45) is 0 Å². The topological polar surface area (TPSA) is 55.3 Å². The molecule has 0 radical (unpaired) electrons. The summed E-state index contributed by atoms with van der Waals surface area (Å²) in [6.07, 6.45) is 2.43. The molecule has 1 aromatic heterocycles. The molecule has 2 heterocycles. The molecule has 0 saturated carbocycles. The molecule has 0 unspecified atom stereocenters. The van der Waals surface area contributed by atoms with Gasteiger partial charge in [-0.3, -0.25) is 4.79 Å². The fourth-order valence-electron chi connectivity index (χ4n) is 1.86. The Morgan fingerprint density at radius 1 is 1.41 bits per heavy atom. The van der Waals surface area contributed by atoms with Crippen LogP contribution in [0.4, 0.5) is 5.95 Å². The molecule has 0 spiro atoms. The van der Waals surface area contributed by atoms with Crippen molar-refractivity contribution in [1.29, 1.82) is 0 Å². The third kappa shape index (κ3) is 2.61. The third-order valence-electron chi connectivity index (χ3n) is 2.80. The van der Waals surface area contributed by atoms with Crippen LogP contribution in [0.25, 0.3) is 0 Å². The molecule has 0 bridgehead atoms. The van der Waals surface area contributed by atoms with Gasteiger partial charge in [-0.2, -0.15) is 0 Å². The summed E-state index contributed by atoms with van der Waals surface area (Å²) in [7, 11) is 0. The zero-order valence-electron chi connectivity index (χ0n) is 10.2. The van der Waals surface area contributed by atoms with Crippen LogP contribution in [0.3, 0.4) is 0 Å². The Hall–Kier alpha value is -1.49. The number of carbonyl (C=O) groups excluding carboxylic acids is 1. The highest BCUT2D eigenvalue weighted by Gasteiger charge is 2.16. The van der Waals surface area contributed by atoms with Gasteiger partial charge in [0.2, 0.25) is 5.95 Å². The summed E-state index contributed by atoms with van der Waals surface area (Å²) in [5.41, 5.74) is 1.40. The Balaban J connectivity index is 2.29. The number of aromatic nitrogens is 2. The van der Waals surface area contributed by atoms with E-state index in [0.717, 1.165) is 25.1 Å². The molecule has 5 heteroatoms. The Kier molecular flexibility index (Phi) is 3.68. The van der Waals surface area contributed by atoms with E-state index >= 15 is 0 Å². The lowest BCUT2D eigenvalue weighted by Crippen LogP contribution is -2.37. The van der Waals surface area contributed by atoms with Gasteiger partial charge in [-0.25, -0.2) is 9.97 Å². The van der Waals surface area contributed by atoms with Gasteiger partial charge >= 0.3 is 0 Å². The van der Waals surface area contributed by atoms with Crippen LogP contribution in [0.15, 0.2) is 6.20 Å². The van der Waals surface area contributed by atoms with Crippen molar-refractivity contribution in [3.63, 3.8) is 0 Å². The van der Waals surface area contributed by atoms with E-state index in [0.29, 0.717) is 24.7 Å². The maximum absolute atomic E-state index is 10.9. The summed E-state index contributed by atoms with van der Waals surface area (Å²) in [6.45, 7) is 7.07. The van der Waals surface area contributed by atoms with E-state index in [9.17, 15) is 4.79 Å². The number of anilines is 1. The number of nitrogens with zero attached hydrogens (tertiary/aromatic N) is 3. The highest BCUT2D eigenvalue weighted by Crippen LogP contribution is 2.18. The maximum atomic E-state index is 10.9. The van der Waals surface area contributed by atoms with Crippen molar-refractivity contribution in [3.8, 4) is 0 Å². The van der Waals surface area contributed by atoms with Crippen LogP contribution in [-0.4, -0.2) is 42.6 Å². The van der Waals surface area contributed by atoms with Gasteiger partial charge in [-0.05, 0) is 5.92 Å². The molecule has 0 aliphatic carbocycles. The molecule has 0 atom stereocenters. The lowest BCUT2D eigenvalue weighted by Gasteiger charge is -2.27. The average Bonchev–Trinajstić information content (AvgIpc) is 2.39. The van der Waals surface area contributed by atoms with Gasteiger partial charge < -0.3 is 9.64 Å². The lowest BCUT2D eigenvalue weighted by molar-refractivity contribution is 0.112. The molecule has 1 saturated heterocycles. The van der Waals surface area contributed by atoms with Gasteiger partial charge in [-0.15, -0.1) is 0 Å². The van der Waals surface area contributed by atoms with E-state index in [2.05, 4.69) is 14.9 Å². The largest absolute Gasteiger partial charge is 0.378 e. The van der Waals surface area contributed by atoms with E-state index in [1.54, 1.807) is 6.20 Å². The SMILES string of the molecule is CC(C)c1nc(N2CCOCC2)ncc1C=O. The zero-order chi connectivity index (χ0) is 12.3. The highest BCUT2D eigenvalue weighted by molar-refractivity contribution is 5.76. The number of rotatable bonds is 3. The number of carbonyl (C=O) groups is 1. The van der Waals surface area contributed by atoms with Crippen molar-refractivity contribution < 1.29 is 9.53 Å². The minimum absolute atomic E-state index is 0.220. The van der Waals surface area contributed by atoms with Crippen LogP contribution >= 0.6 is 0 Å². The number of hydrogen-bond donors (Lipinski definition) is 0. The zero-order valence-corrected chi connectivity index (χ0v) is 10.2. The molecule has 0 amide bonds. The van der Waals surface area contributed by atoms with Gasteiger partial charge in [0.25, 0.3) is 0 Å². The van der Waals surface area contributed by atoms with E-state index < -0.39 is 0 Å². The van der Waals surface area contributed by atoms with Crippen LogP contribution in [0.1, 0.15) is 35.8 Å². The van der Waals surface area contributed by atoms with Gasteiger partial charge in [-0.1, -0.05) is 13.8 Å². The predicted molar refractivity (Wildman–Crippen MR) is 64.5 cm³/mol. The van der Waals surface area contributed by atoms with E-state index in [4.69, 9.17) is 4.74 Å². The van der Waals surface area contributed by atoms with Crippen LogP contribution in [0.5, 0.6) is 0 Å². The molecule has 1 aliphatic rings. The summed E-state index contributed by atoms with van der Waals surface area (Å²) in [5, 5.41) is 0. The first-order valence-corrected chi connectivity index (χ1v) is 5.87. The number of hydrogen-bond acceptors (Lipinski definition) is 5. The summed E-state index contributed by atoms with van der Waals surface area (Å²) in [6, 6.07) is 0. The minimum atomic E-state index is 0.220. The van der Waals surface area contributed by atoms with Gasteiger partial charge in [0.05, 0.1) is 24.5 Å². The Morgan fingerprint density at radius 2 is 2.12 bits per heavy atom. The standard InChI is InChI=1S/C12H17N3O2/c1-9(2)11-10(8-16)7-13-12(14-11)15-3-5-17-6-4-15/h7-9H,3-6H2,1-2H3. The first kappa shape index (κ1) is 12.0. The quantitative estimate of drug-likeness (QED) is 0.738. The van der Waals surface area contributed by atoms with Gasteiger partial charge in [0.1, 0.15) is 0 Å². The van der Waals surface area contributed by atoms with Crippen molar-refractivity contribution in [1.82, 2.24) is 9.97 Å². The summed E-state index contributed by atoms with van der Waals surface area (Å²) in [5.74, 6) is 0.917. The molecule has 5 nitrogen and oxygen atoms in total. The molecule has 17 heavy (non-hydrogen) atoms. The maximum Gasteiger partial charge on any atom is 0.225 e. The third-order valence-corrected chi connectivity index (χ3v) is 2.80. The second kappa shape index (κ2) is 5.23. The summed E-state index contributed by atoms with van der Waals surface area (Å²) >= 11 is 0. The van der Waals surface area contributed by atoms with E-state index in [-0.39, 0.29) is 5.92 Å². The molecule has 0 N–H and O–H groups in total. The number of ether oxygens (including phenoxy) is 1.